The minimum atomic E-state index is -4.95. The van der Waals surface area contributed by atoms with Crippen LogP contribution in [0.25, 0.3) is 0 Å². The Hall–Kier alpha value is -1.94. The Kier molecular flexibility index (Phi) is 68.7. The lowest BCUT2D eigenvalue weighted by Crippen LogP contribution is -2.30. The first-order chi connectivity index (χ1) is 46.5. The van der Waals surface area contributed by atoms with Gasteiger partial charge in [0.05, 0.1) is 26.4 Å². The van der Waals surface area contributed by atoms with Gasteiger partial charge >= 0.3 is 39.5 Å². The molecule has 0 fully saturated rings. The van der Waals surface area contributed by atoms with Crippen LogP contribution >= 0.6 is 15.6 Å². The van der Waals surface area contributed by atoms with Crippen molar-refractivity contribution in [2.24, 2.45) is 5.92 Å². The van der Waals surface area contributed by atoms with Crippen molar-refractivity contribution < 1.29 is 80.2 Å². The quantitative estimate of drug-likeness (QED) is 0.0222. The zero-order valence-electron chi connectivity index (χ0n) is 62.5. The van der Waals surface area contributed by atoms with Gasteiger partial charge in [-0.1, -0.05) is 356 Å². The van der Waals surface area contributed by atoms with Gasteiger partial charge in [-0.25, -0.2) is 9.13 Å². The van der Waals surface area contributed by atoms with Crippen LogP contribution in [0.4, 0.5) is 0 Å². The molecule has 0 heterocycles. The SMILES string of the molecule is CCCCCCCCCCCCCCCCCCCCCCCC(=O)OC[C@H](COP(=O)(O)OC[C@@H](O)COP(=O)(O)OC[C@@H](COC(=O)CCCCCCC)OC(=O)CCCCCCCCCCC)OC(=O)CCCCCCCCCCCCCCCCCCCCC(C)C. The second-order valence-electron chi connectivity index (χ2n) is 28.2. The van der Waals surface area contributed by atoms with Crippen molar-refractivity contribution in [1.29, 1.82) is 0 Å². The molecule has 0 aliphatic rings. The maximum atomic E-state index is 13.1. The summed E-state index contributed by atoms with van der Waals surface area (Å²) < 4.78 is 68.2. The molecular formula is C77H150O17P2. The number of carbonyl (C=O) groups is 4. The predicted octanol–water partition coefficient (Wildman–Crippen LogP) is 22.9. The lowest BCUT2D eigenvalue weighted by molar-refractivity contribution is -0.161. The van der Waals surface area contributed by atoms with E-state index < -0.39 is 97.5 Å². The second-order valence-corrected chi connectivity index (χ2v) is 31.1. The molecule has 19 heteroatoms. The highest BCUT2D eigenvalue weighted by molar-refractivity contribution is 7.47. The Morgan fingerprint density at radius 3 is 0.708 bits per heavy atom. The molecule has 0 bridgehead atoms. The van der Waals surface area contributed by atoms with Crippen LogP contribution < -0.4 is 0 Å². The largest absolute Gasteiger partial charge is 0.472 e. The van der Waals surface area contributed by atoms with E-state index in [1.54, 1.807) is 0 Å². The van der Waals surface area contributed by atoms with Gasteiger partial charge in [0.2, 0.25) is 0 Å². The normalized spacial score (nSPS) is 13.9. The summed E-state index contributed by atoms with van der Waals surface area (Å²) in [5, 5.41) is 10.6. The van der Waals surface area contributed by atoms with Crippen molar-refractivity contribution in [1.82, 2.24) is 0 Å². The monoisotopic (exact) mass is 1410 g/mol. The highest BCUT2D eigenvalue weighted by Gasteiger charge is 2.30. The molecule has 570 valence electrons. The first-order valence-electron chi connectivity index (χ1n) is 40.1. The van der Waals surface area contributed by atoms with Crippen molar-refractivity contribution in [3.63, 3.8) is 0 Å². The van der Waals surface area contributed by atoms with Crippen LogP contribution in [0, 0.1) is 5.92 Å². The van der Waals surface area contributed by atoms with Gasteiger partial charge in [0, 0.05) is 25.7 Å². The third-order valence-electron chi connectivity index (χ3n) is 18.0. The number of hydrogen-bond donors (Lipinski definition) is 3. The second kappa shape index (κ2) is 70.1. The van der Waals surface area contributed by atoms with E-state index in [4.69, 9.17) is 37.0 Å². The van der Waals surface area contributed by atoms with Crippen LogP contribution in [0.1, 0.15) is 407 Å². The molecule has 2 unspecified atom stereocenters. The van der Waals surface area contributed by atoms with Gasteiger partial charge in [-0.3, -0.25) is 37.3 Å². The fourth-order valence-electron chi connectivity index (χ4n) is 11.9. The average Bonchev–Trinajstić information content (AvgIpc) is 3.11. The Balaban J connectivity index is 5.07. The first kappa shape index (κ1) is 94.1. The van der Waals surface area contributed by atoms with Gasteiger partial charge in [-0.2, -0.15) is 0 Å². The summed E-state index contributed by atoms with van der Waals surface area (Å²) in [5.41, 5.74) is 0. The Morgan fingerprint density at radius 2 is 0.479 bits per heavy atom. The van der Waals surface area contributed by atoms with Gasteiger partial charge in [0.25, 0.3) is 0 Å². The smallest absolute Gasteiger partial charge is 0.462 e. The Morgan fingerprint density at radius 1 is 0.281 bits per heavy atom. The third-order valence-corrected chi connectivity index (χ3v) is 19.9. The minimum Gasteiger partial charge on any atom is -0.462 e. The number of aliphatic hydroxyl groups excluding tert-OH is 1. The number of esters is 4. The molecule has 3 N–H and O–H groups in total. The van der Waals surface area contributed by atoms with E-state index in [1.165, 1.54) is 225 Å². The van der Waals surface area contributed by atoms with E-state index in [1.807, 2.05) is 0 Å². The number of carbonyl (C=O) groups excluding carboxylic acids is 4. The Labute approximate surface area is 588 Å². The molecule has 0 aromatic carbocycles. The number of ether oxygens (including phenoxy) is 4. The summed E-state index contributed by atoms with van der Waals surface area (Å²) in [4.78, 5) is 72.4. The summed E-state index contributed by atoms with van der Waals surface area (Å²) in [5.74, 6) is -1.31. The van der Waals surface area contributed by atoms with E-state index in [0.717, 1.165) is 102 Å². The van der Waals surface area contributed by atoms with Crippen molar-refractivity contribution in [2.75, 3.05) is 39.6 Å². The summed E-state index contributed by atoms with van der Waals surface area (Å²) in [7, 11) is -9.89. The minimum absolute atomic E-state index is 0.105. The fraction of sp³-hybridized carbons (Fsp3) is 0.948. The maximum Gasteiger partial charge on any atom is 0.472 e. The van der Waals surface area contributed by atoms with Gasteiger partial charge in [0.15, 0.2) is 12.2 Å². The molecule has 0 spiro atoms. The number of unbranched alkanes of at least 4 members (excludes halogenated alkanes) is 49. The molecule has 17 nitrogen and oxygen atoms in total. The molecule has 0 aliphatic carbocycles. The zero-order valence-corrected chi connectivity index (χ0v) is 64.3. The molecule has 96 heavy (non-hydrogen) atoms. The topological polar surface area (TPSA) is 237 Å². The molecule has 0 saturated heterocycles. The van der Waals surface area contributed by atoms with E-state index in [9.17, 15) is 43.2 Å². The molecule has 0 aromatic heterocycles. The number of rotatable bonds is 77. The van der Waals surface area contributed by atoms with Gasteiger partial charge in [0.1, 0.15) is 19.3 Å². The number of phosphoric ester groups is 2. The molecule has 0 radical (unpaired) electrons. The summed E-state index contributed by atoms with van der Waals surface area (Å²) >= 11 is 0. The highest BCUT2D eigenvalue weighted by atomic mass is 31.2. The number of aliphatic hydroxyl groups is 1. The molecule has 0 saturated carbocycles. The van der Waals surface area contributed by atoms with E-state index >= 15 is 0 Å². The third kappa shape index (κ3) is 70.5. The van der Waals surface area contributed by atoms with E-state index in [2.05, 4.69) is 34.6 Å². The van der Waals surface area contributed by atoms with Crippen LogP contribution in [0.2, 0.25) is 0 Å². The highest BCUT2D eigenvalue weighted by Crippen LogP contribution is 2.45. The standard InChI is InChI=1S/C77H150O17P2/c1-6-9-12-15-17-19-20-21-22-23-24-25-26-30-33-36-39-43-46-51-56-61-75(80)88-67-73(94-77(82)63-58-53-48-44-40-37-34-31-28-27-29-32-35-38-42-45-50-54-59-70(4)5)69-92-96(85,86)90-65-71(78)64-89-95(83,84)91-68-72(66-87-74(79)60-55-49-14-11-8-3)93-76(81)62-57-52-47-41-18-16-13-10-7-2/h70-73,78H,6-69H2,1-5H3,(H,83,84)(H,85,86)/t71-,72+,73+/m0/s1. The number of hydrogen-bond acceptors (Lipinski definition) is 15. The van der Waals surface area contributed by atoms with Gasteiger partial charge < -0.3 is 33.8 Å². The molecule has 0 aromatic rings. The summed E-state index contributed by atoms with van der Waals surface area (Å²) in [6.45, 7) is 7.22. The molecule has 0 rings (SSSR count). The van der Waals surface area contributed by atoms with Crippen molar-refractivity contribution in [2.45, 2.75) is 425 Å². The average molecular weight is 1410 g/mol. The van der Waals surface area contributed by atoms with E-state index in [-0.39, 0.29) is 25.7 Å². The van der Waals surface area contributed by atoms with Crippen molar-refractivity contribution in [3.05, 3.63) is 0 Å². The van der Waals surface area contributed by atoms with Gasteiger partial charge in [-0.15, -0.1) is 0 Å². The molecule has 0 amide bonds. The van der Waals surface area contributed by atoms with Crippen LogP contribution in [-0.4, -0.2) is 96.7 Å². The fourth-order valence-corrected chi connectivity index (χ4v) is 13.5. The molecule has 5 atom stereocenters. The van der Waals surface area contributed by atoms with Crippen molar-refractivity contribution in [3.8, 4) is 0 Å². The zero-order chi connectivity index (χ0) is 70.5. The van der Waals surface area contributed by atoms with Crippen LogP contribution in [-0.2, 0) is 65.4 Å². The number of phosphoric acid groups is 2. The lowest BCUT2D eigenvalue weighted by atomic mass is 10.0. The summed E-state index contributed by atoms with van der Waals surface area (Å²) in [6.07, 6.45) is 60.4. The van der Waals surface area contributed by atoms with E-state index in [0.29, 0.717) is 25.7 Å². The van der Waals surface area contributed by atoms with Crippen LogP contribution in [0.15, 0.2) is 0 Å². The van der Waals surface area contributed by atoms with Crippen molar-refractivity contribution >= 4 is 39.5 Å². The maximum absolute atomic E-state index is 13.1. The van der Waals surface area contributed by atoms with Crippen LogP contribution in [0.3, 0.4) is 0 Å². The lowest BCUT2D eigenvalue weighted by Gasteiger charge is -2.21. The first-order valence-corrected chi connectivity index (χ1v) is 43.1. The summed E-state index contributed by atoms with van der Waals surface area (Å²) in [6, 6.07) is 0. The molecule has 0 aliphatic heterocycles. The Bertz CT molecular complexity index is 1840. The van der Waals surface area contributed by atoms with Crippen LogP contribution in [0.5, 0.6) is 0 Å². The molecular weight excluding hydrogens is 1260 g/mol. The predicted molar refractivity (Wildman–Crippen MR) is 391 cm³/mol. The van der Waals surface area contributed by atoms with Gasteiger partial charge in [-0.05, 0) is 31.6 Å².